The van der Waals surface area contributed by atoms with Gasteiger partial charge in [-0.25, -0.2) is 9.67 Å². The molecule has 0 aromatic carbocycles. The third-order valence-electron chi connectivity index (χ3n) is 4.38. The van der Waals surface area contributed by atoms with Crippen LogP contribution in [0.1, 0.15) is 44.9 Å². The highest BCUT2D eigenvalue weighted by molar-refractivity contribution is 5.69. The minimum Gasteiger partial charge on any atom is -0.462 e. The van der Waals surface area contributed by atoms with Gasteiger partial charge in [-0.15, -0.1) is 5.10 Å². The van der Waals surface area contributed by atoms with Crippen LogP contribution < -0.4 is 5.73 Å². The fraction of sp³-hybridized carbons (Fsp3) is 0.786. The number of hydrogen-bond donors (Lipinski definition) is 1. The average molecular weight is 294 g/mol. The molecule has 1 aromatic rings. The summed E-state index contributed by atoms with van der Waals surface area (Å²) >= 11 is 0. The average Bonchev–Trinajstić information content (AvgIpc) is 3.05. The Labute approximate surface area is 123 Å². The molecule has 1 atom stereocenters. The summed E-state index contributed by atoms with van der Waals surface area (Å²) in [5.41, 5.74) is 5.46. The molecule has 1 saturated carbocycles. The maximum atomic E-state index is 11.7. The van der Waals surface area contributed by atoms with E-state index in [1.165, 1.54) is 30.3 Å². The van der Waals surface area contributed by atoms with E-state index in [0.717, 1.165) is 25.7 Å². The van der Waals surface area contributed by atoms with E-state index < -0.39 is 0 Å². The molecule has 2 aliphatic rings. The van der Waals surface area contributed by atoms with Crippen LogP contribution in [0.5, 0.6) is 0 Å². The first-order valence-corrected chi connectivity index (χ1v) is 7.64. The van der Waals surface area contributed by atoms with Crippen LogP contribution in [-0.2, 0) is 20.8 Å². The van der Waals surface area contributed by atoms with E-state index in [1.807, 2.05) is 0 Å². The van der Waals surface area contributed by atoms with E-state index in [9.17, 15) is 4.79 Å². The first kappa shape index (κ1) is 14.3. The van der Waals surface area contributed by atoms with E-state index in [-0.39, 0.29) is 30.2 Å². The maximum absolute atomic E-state index is 11.7. The Bertz CT molecular complexity index is 496. The van der Waals surface area contributed by atoms with Crippen LogP contribution in [0.25, 0.3) is 0 Å². The molecule has 0 bridgehead atoms. The molecule has 1 aromatic heterocycles. The molecule has 116 valence electrons. The van der Waals surface area contributed by atoms with Crippen molar-refractivity contribution >= 4 is 11.9 Å². The number of nitrogens with two attached hydrogens (primary N) is 1. The standard InChI is InChI=1S/C14H22N4O3/c15-13-16-10-18(17-13)8-12(19)20-9-11-4-7-14(21-11)5-2-1-3-6-14/h10-11H,1-9H2,(H2,15,17). The Kier molecular flexibility index (Phi) is 4.10. The lowest BCUT2D eigenvalue weighted by Gasteiger charge is -2.33. The summed E-state index contributed by atoms with van der Waals surface area (Å²) in [6.45, 7) is 0.354. The highest BCUT2D eigenvalue weighted by Gasteiger charge is 2.41. The fourth-order valence-electron chi connectivity index (χ4n) is 3.33. The Morgan fingerprint density at radius 2 is 2.24 bits per heavy atom. The summed E-state index contributed by atoms with van der Waals surface area (Å²) in [6.07, 6.45) is 9.63. The van der Waals surface area contributed by atoms with Gasteiger partial charge in [-0.05, 0) is 25.7 Å². The molecule has 0 amide bonds. The lowest BCUT2D eigenvalue weighted by Crippen LogP contribution is -2.33. The second-order valence-corrected chi connectivity index (χ2v) is 6.01. The van der Waals surface area contributed by atoms with E-state index in [0.29, 0.717) is 6.61 Å². The van der Waals surface area contributed by atoms with Crippen molar-refractivity contribution in [2.45, 2.75) is 63.2 Å². The van der Waals surface area contributed by atoms with Gasteiger partial charge in [0.05, 0.1) is 11.7 Å². The third kappa shape index (κ3) is 3.53. The number of esters is 1. The Morgan fingerprint density at radius 1 is 1.43 bits per heavy atom. The number of aromatic nitrogens is 3. The topological polar surface area (TPSA) is 92.3 Å². The van der Waals surface area contributed by atoms with Gasteiger partial charge >= 0.3 is 5.97 Å². The monoisotopic (exact) mass is 294 g/mol. The van der Waals surface area contributed by atoms with Crippen LogP contribution in [0, 0.1) is 0 Å². The lowest BCUT2D eigenvalue weighted by molar-refractivity contribution is -0.151. The second kappa shape index (κ2) is 6.01. The van der Waals surface area contributed by atoms with E-state index in [1.54, 1.807) is 0 Å². The van der Waals surface area contributed by atoms with Gasteiger partial charge in [0.25, 0.3) is 0 Å². The van der Waals surface area contributed by atoms with Gasteiger partial charge in [-0.2, -0.15) is 0 Å². The molecule has 3 rings (SSSR count). The van der Waals surface area contributed by atoms with E-state index in [2.05, 4.69) is 10.1 Å². The fourth-order valence-corrected chi connectivity index (χ4v) is 3.33. The molecule has 1 spiro atoms. The van der Waals surface area contributed by atoms with Crippen molar-refractivity contribution < 1.29 is 14.3 Å². The van der Waals surface area contributed by atoms with Crippen LogP contribution in [0.3, 0.4) is 0 Å². The zero-order valence-electron chi connectivity index (χ0n) is 12.2. The second-order valence-electron chi connectivity index (χ2n) is 6.01. The minimum absolute atomic E-state index is 0.0298. The molecular formula is C14H22N4O3. The highest BCUT2D eigenvalue weighted by Crippen LogP contribution is 2.41. The predicted octanol–water partition coefficient (Wildman–Crippen LogP) is 1.29. The molecular weight excluding hydrogens is 272 g/mol. The van der Waals surface area contributed by atoms with Gasteiger partial charge in [0, 0.05) is 0 Å². The van der Waals surface area contributed by atoms with Gasteiger partial charge in [0.15, 0.2) is 0 Å². The summed E-state index contributed by atoms with van der Waals surface area (Å²) in [5.74, 6) is -0.186. The van der Waals surface area contributed by atoms with Crippen molar-refractivity contribution in [1.82, 2.24) is 14.8 Å². The van der Waals surface area contributed by atoms with Crippen LogP contribution in [0.15, 0.2) is 6.33 Å². The smallest absolute Gasteiger partial charge is 0.327 e. The number of ether oxygens (including phenoxy) is 2. The normalized spacial score (nSPS) is 24.3. The number of nitrogen functional groups attached to an aromatic ring is 1. The number of nitrogens with zero attached hydrogens (tertiary/aromatic N) is 3. The molecule has 0 radical (unpaired) electrons. The van der Waals surface area contributed by atoms with Crippen molar-refractivity contribution in [2.24, 2.45) is 0 Å². The van der Waals surface area contributed by atoms with Gasteiger partial charge in [-0.1, -0.05) is 19.3 Å². The van der Waals surface area contributed by atoms with Gasteiger partial charge < -0.3 is 15.2 Å². The summed E-state index contributed by atoms with van der Waals surface area (Å²) in [5, 5.41) is 3.85. The quantitative estimate of drug-likeness (QED) is 0.841. The summed E-state index contributed by atoms with van der Waals surface area (Å²) < 4.78 is 12.8. The largest absolute Gasteiger partial charge is 0.462 e. The van der Waals surface area contributed by atoms with Crippen LogP contribution in [-0.4, -0.2) is 39.0 Å². The van der Waals surface area contributed by atoms with Crippen molar-refractivity contribution in [2.75, 3.05) is 12.3 Å². The maximum Gasteiger partial charge on any atom is 0.327 e. The molecule has 2 N–H and O–H groups in total. The molecule has 7 nitrogen and oxygen atoms in total. The van der Waals surface area contributed by atoms with Gasteiger partial charge in [-0.3, -0.25) is 4.79 Å². The van der Waals surface area contributed by atoms with Crippen molar-refractivity contribution in [3.05, 3.63) is 6.33 Å². The molecule has 2 fully saturated rings. The minimum atomic E-state index is -0.340. The van der Waals surface area contributed by atoms with Crippen molar-refractivity contribution in [3.8, 4) is 0 Å². The van der Waals surface area contributed by atoms with Crippen molar-refractivity contribution in [1.29, 1.82) is 0 Å². The van der Waals surface area contributed by atoms with Crippen LogP contribution in [0.4, 0.5) is 5.95 Å². The van der Waals surface area contributed by atoms with Gasteiger partial charge in [0.1, 0.15) is 19.5 Å². The molecule has 7 heteroatoms. The van der Waals surface area contributed by atoms with Gasteiger partial charge in [0.2, 0.25) is 5.95 Å². The lowest BCUT2D eigenvalue weighted by atomic mass is 9.83. The number of carbonyl (C=O) groups is 1. The Morgan fingerprint density at radius 3 is 2.95 bits per heavy atom. The van der Waals surface area contributed by atoms with Crippen LogP contribution >= 0.6 is 0 Å². The number of rotatable bonds is 4. The zero-order chi connectivity index (χ0) is 14.7. The Hall–Kier alpha value is -1.63. The molecule has 2 heterocycles. The molecule has 1 aliphatic carbocycles. The number of hydrogen-bond acceptors (Lipinski definition) is 6. The van der Waals surface area contributed by atoms with Crippen molar-refractivity contribution in [3.63, 3.8) is 0 Å². The predicted molar refractivity (Wildman–Crippen MR) is 75.3 cm³/mol. The zero-order valence-corrected chi connectivity index (χ0v) is 12.2. The molecule has 1 aliphatic heterocycles. The van der Waals surface area contributed by atoms with E-state index >= 15 is 0 Å². The molecule has 21 heavy (non-hydrogen) atoms. The molecule has 1 unspecified atom stereocenters. The first-order chi connectivity index (χ1) is 10.2. The van der Waals surface area contributed by atoms with Crippen LogP contribution in [0.2, 0.25) is 0 Å². The summed E-state index contributed by atoms with van der Waals surface area (Å²) in [7, 11) is 0. The molecule has 1 saturated heterocycles. The number of carbonyl (C=O) groups excluding carboxylic acids is 1. The highest BCUT2D eigenvalue weighted by atomic mass is 16.6. The first-order valence-electron chi connectivity index (χ1n) is 7.64. The SMILES string of the molecule is Nc1ncn(CC(=O)OCC2CCC3(CCCCC3)O2)n1. The van der Waals surface area contributed by atoms with E-state index in [4.69, 9.17) is 15.2 Å². The third-order valence-corrected chi connectivity index (χ3v) is 4.38. The summed E-state index contributed by atoms with van der Waals surface area (Å²) in [4.78, 5) is 15.5. The number of anilines is 1. The summed E-state index contributed by atoms with van der Waals surface area (Å²) in [6, 6.07) is 0. The Balaban J connectivity index is 1.42.